The molecule has 1 aliphatic heterocycles. The largest absolute Gasteiger partial charge is 0.543 e. The van der Waals surface area contributed by atoms with E-state index in [0.717, 1.165) is 30.6 Å². The summed E-state index contributed by atoms with van der Waals surface area (Å²) in [7, 11) is 0. The number of carboxylic acids is 1. The molecule has 5 heteroatoms. The van der Waals surface area contributed by atoms with Gasteiger partial charge in [-0.25, -0.2) is 4.98 Å². The monoisotopic (exact) mass is 316 g/mol. The number of carbonyl (C=O) groups excluding carboxylic acids is 1. The molecule has 1 saturated heterocycles. The summed E-state index contributed by atoms with van der Waals surface area (Å²) in [6.07, 6.45) is 3.62. The summed E-state index contributed by atoms with van der Waals surface area (Å²) in [5, 5.41) is 13.2. The lowest BCUT2D eigenvalue weighted by Crippen LogP contribution is -3.11. The van der Waals surface area contributed by atoms with Gasteiger partial charge < -0.3 is 14.8 Å². The molecule has 2 aromatic rings. The van der Waals surface area contributed by atoms with Gasteiger partial charge in [-0.2, -0.15) is 0 Å². The number of quaternary nitrogens is 1. The predicted octanol–water partition coefficient (Wildman–Crippen LogP) is 0.544. The molecule has 0 bridgehead atoms. The molecule has 1 aromatic heterocycles. The van der Waals surface area contributed by atoms with E-state index in [0.29, 0.717) is 0 Å². The maximum atomic E-state index is 10.7. The van der Waals surface area contributed by atoms with Crippen LogP contribution in [0, 0.1) is 5.92 Å². The molecule has 0 amide bonds. The highest BCUT2D eigenvalue weighted by Crippen LogP contribution is 2.17. The molecule has 3 rings (SSSR count). The number of aromatic nitrogens is 1. The van der Waals surface area contributed by atoms with Gasteiger partial charge in [0, 0.05) is 5.38 Å². The Kier molecular flexibility index (Phi) is 4.85. The third kappa shape index (κ3) is 3.93. The molecule has 0 saturated carbocycles. The van der Waals surface area contributed by atoms with Gasteiger partial charge in [-0.3, -0.25) is 0 Å². The summed E-state index contributed by atoms with van der Waals surface area (Å²) < 4.78 is 0. The van der Waals surface area contributed by atoms with E-state index < -0.39 is 5.97 Å². The molecule has 4 nitrogen and oxygen atoms in total. The Labute approximate surface area is 134 Å². The number of carboxylic acid groups (broad SMARTS) is 1. The van der Waals surface area contributed by atoms with Crippen LogP contribution in [-0.2, 0) is 13.0 Å². The molecular formula is C17H20N2O2S. The number of thiazole rings is 1. The Balaban J connectivity index is 1.48. The van der Waals surface area contributed by atoms with Crippen molar-refractivity contribution < 1.29 is 14.8 Å². The average molecular weight is 316 g/mol. The average Bonchev–Trinajstić information content (AvgIpc) is 2.99. The first-order valence-electron chi connectivity index (χ1n) is 7.74. The second-order valence-corrected chi connectivity index (χ2v) is 6.92. The van der Waals surface area contributed by atoms with Crippen molar-refractivity contribution >= 4 is 17.3 Å². The summed E-state index contributed by atoms with van der Waals surface area (Å²) in [5.41, 5.74) is 1.49. The van der Waals surface area contributed by atoms with Crippen LogP contribution in [0.1, 0.15) is 33.9 Å². The molecule has 1 fully saturated rings. The number of hydrogen-bond acceptors (Lipinski definition) is 4. The topological polar surface area (TPSA) is 57.5 Å². The lowest BCUT2D eigenvalue weighted by molar-refractivity contribution is -0.919. The molecule has 0 radical (unpaired) electrons. The van der Waals surface area contributed by atoms with Crippen LogP contribution in [0.2, 0.25) is 0 Å². The quantitative estimate of drug-likeness (QED) is 0.876. The fraction of sp³-hybridized carbons (Fsp3) is 0.412. The van der Waals surface area contributed by atoms with E-state index in [-0.39, 0.29) is 5.69 Å². The number of carbonyl (C=O) groups is 1. The van der Waals surface area contributed by atoms with E-state index in [1.807, 2.05) is 0 Å². The molecule has 2 heterocycles. The van der Waals surface area contributed by atoms with Gasteiger partial charge >= 0.3 is 0 Å². The zero-order valence-corrected chi connectivity index (χ0v) is 13.3. The van der Waals surface area contributed by atoms with Crippen LogP contribution in [-0.4, -0.2) is 24.0 Å². The summed E-state index contributed by atoms with van der Waals surface area (Å²) in [6, 6.07) is 10.7. The van der Waals surface area contributed by atoms with Crippen LogP contribution in [0.4, 0.5) is 0 Å². The Hall–Kier alpha value is -1.72. The maximum Gasteiger partial charge on any atom is 0.148 e. The Morgan fingerprint density at radius 2 is 2.00 bits per heavy atom. The molecule has 0 unspecified atom stereocenters. The number of aromatic carboxylic acids is 1. The molecule has 1 aromatic carbocycles. The van der Waals surface area contributed by atoms with Crippen molar-refractivity contribution in [3.8, 4) is 0 Å². The summed E-state index contributed by atoms with van der Waals surface area (Å²) in [4.78, 5) is 16.4. The van der Waals surface area contributed by atoms with Gasteiger partial charge in [0.25, 0.3) is 0 Å². The summed E-state index contributed by atoms with van der Waals surface area (Å²) >= 11 is 1.42. The van der Waals surface area contributed by atoms with Crippen LogP contribution in [0.5, 0.6) is 0 Å². The number of nitrogens with zero attached hydrogens (tertiary/aromatic N) is 1. The van der Waals surface area contributed by atoms with Gasteiger partial charge in [-0.1, -0.05) is 30.3 Å². The highest BCUT2D eigenvalue weighted by Gasteiger charge is 2.23. The summed E-state index contributed by atoms with van der Waals surface area (Å²) in [5.74, 6) is -0.416. The zero-order valence-electron chi connectivity index (χ0n) is 12.5. The fourth-order valence-electron chi connectivity index (χ4n) is 3.11. The third-order valence-corrected chi connectivity index (χ3v) is 5.19. The van der Waals surface area contributed by atoms with Crippen molar-refractivity contribution in [2.24, 2.45) is 5.92 Å². The van der Waals surface area contributed by atoms with Crippen LogP contribution in [0.3, 0.4) is 0 Å². The molecule has 0 aliphatic carbocycles. The van der Waals surface area contributed by atoms with Gasteiger partial charge in [-0.05, 0) is 30.7 Å². The number of rotatable bonds is 5. The smallest absolute Gasteiger partial charge is 0.148 e. The number of piperidine rings is 1. The molecule has 116 valence electrons. The molecular weight excluding hydrogens is 296 g/mol. The number of hydrogen-bond donors (Lipinski definition) is 1. The van der Waals surface area contributed by atoms with Crippen molar-refractivity contribution in [3.05, 3.63) is 52.0 Å². The molecule has 22 heavy (non-hydrogen) atoms. The first-order valence-corrected chi connectivity index (χ1v) is 8.62. The van der Waals surface area contributed by atoms with Crippen molar-refractivity contribution in [1.82, 2.24) is 4.98 Å². The molecule has 1 N–H and O–H groups in total. The van der Waals surface area contributed by atoms with Gasteiger partial charge in [0.2, 0.25) is 0 Å². The van der Waals surface area contributed by atoms with Crippen LogP contribution >= 0.6 is 11.3 Å². The van der Waals surface area contributed by atoms with Crippen LogP contribution in [0.15, 0.2) is 35.7 Å². The van der Waals surface area contributed by atoms with Crippen molar-refractivity contribution in [2.75, 3.05) is 13.1 Å². The number of likely N-dealkylation sites (tertiary alicyclic amines) is 1. The zero-order chi connectivity index (χ0) is 15.4. The predicted molar refractivity (Wildman–Crippen MR) is 83.7 cm³/mol. The minimum absolute atomic E-state index is 0.0679. The standard InChI is InChI=1S/C17H20N2O2S/c20-17(21)15-12-22-16(18-15)11-19-8-6-14(7-9-19)10-13-4-2-1-3-5-13/h1-5,12,14H,6-11H2,(H,20,21). The first-order chi connectivity index (χ1) is 10.7. The van der Waals surface area contributed by atoms with E-state index in [9.17, 15) is 9.90 Å². The van der Waals surface area contributed by atoms with Crippen LogP contribution in [0.25, 0.3) is 0 Å². The van der Waals surface area contributed by atoms with E-state index in [1.165, 1.54) is 41.1 Å². The van der Waals surface area contributed by atoms with Crippen molar-refractivity contribution in [3.63, 3.8) is 0 Å². The van der Waals surface area contributed by atoms with Gasteiger partial charge in [0.15, 0.2) is 0 Å². The van der Waals surface area contributed by atoms with Gasteiger partial charge in [-0.15, -0.1) is 11.3 Å². The fourth-order valence-corrected chi connectivity index (χ4v) is 3.95. The molecule has 0 spiro atoms. The number of nitrogens with one attached hydrogen (secondary N) is 1. The maximum absolute atomic E-state index is 10.7. The Bertz CT molecular complexity index is 619. The number of benzene rings is 1. The normalized spacial score (nSPS) is 21.6. The molecule has 0 atom stereocenters. The van der Waals surface area contributed by atoms with E-state index in [1.54, 1.807) is 5.38 Å². The SMILES string of the molecule is O=C([O-])c1csc(C[NH+]2CCC(Cc3ccccc3)CC2)n1. The lowest BCUT2D eigenvalue weighted by atomic mass is 9.90. The Morgan fingerprint density at radius 1 is 1.27 bits per heavy atom. The second-order valence-electron chi connectivity index (χ2n) is 5.97. The minimum atomic E-state index is -1.18. The highest BCUT2D eigenvalue weighted by molar-refractivity contribution is 7.09. The third-order valence-electron chi connectivity index (χ3n) is 4.34. The first kappa shape index (κ1) is 15.2. The minimum Gasteiger partial charge on any atom is -0.543 e. The second kappa shape index (κ2) is 7.03. The highest BCUT2D eigenvalue weighted by atomic mass is 32.1. The van der Waals surface area contributed by atoms with Gasteiger partial charge in [0.1, 0.15) is 11.6 Å². The van der Waals surface area contributed by atoms with E-state index in [2.05, 4.69) is 35.3 Å². The Morgan fingerprint density at radius 3 is 2.64 bits per heavy atom. The lowest BCUT2D eigenvalue weighted by Gasteiger charge is -2.28. The van der Waals surface area contributed by atoms with Gasteiger partial charge in [0.05, 0.1) is 24.8 Å². The van der Waals surface area contributed by atoms with E-state index in [4.69, 9.17) is 0 Å². The van der Waals surface area contributed by atoms with Crippen LogP contribution < -0.4 is 10.0 Å². The molecule has 1 aliphatic rings. The van der Waals surface area contributed by atoms with Crippen molar-refractivity contribution in [2.45, 2.75) is 25.8 Å². The van der Waals surface area contributed by atoms with E-state index >= 15 is 0 Å². The van der Waals surface area contributed by atoms with Crippen molar-refractivity contribution in [1.29, 1.82) is 0 Å². The summed E-state index contributed by atoms with van der Waals surface area (Å²) in [6.45, 7) is 3.10.